The molecule has 0 unspecified atom stereocenters. The molecule has 2 aromatic heterocycles. The highest BCUT2D eigenvalue weighted by atomic mass is 35.5. The number of hydrogen-bond donors (Lipinski definition) is 1. The molecule has 1 aromatic carbocycles. The third-order valence-electron chi connectivity index (χ3n) is 2.94. The Morgan fingerprint density at radius 1 is 1.22 bits per heavy atom. The van der Waals surface area contributed by atoms with Crippen molar-refractivity contribution in [3.63, 3.8) is 0 Å². The van der Waals surface area contributed by atoms with Crippen LogP contribution in [-0.2, 0) is 0 Å². The maximum Gasteiger partial charge on any atom is 0.292 e. The number of para-hydroxylation sites is 2. The van der Waals surface area contributed by atoms with Crippen LogP contribution in [0.2, 0.25) is 8.67 Å². The minimum atomic E-state index is -0.471. The van der Waals surface area contributed by atoms with Gasteiger partial charge in [-0.05, 0) is 18.2 Å². The van der Waals surface area contributed by atoms with Gasteiger partial charge >= 0.3 is 0 Å². The van der Waals surface area contributed by atoms with Gasteiger partial charge in [-0.1, -0.05) is 35.3 Å². The van der Waals surface area contributed by atoms with Crippen molar-refractivity contribution in [3.05, 3.63) is 61.4 Å². The van der Waals surface area contributed by atoms with E-state index >= 15 is 0 Å². The van der Waals surface area contributed by atoms with E-state index in [1.165, 1.54) is 17.4 Å². The molecule has 0 saturated heterocycles. The summed E-state index contributed by atoms with van der Waals surface area (Å²) >= 11 is 13.3. The van der Waals surface area contributed by atoms with E-state index in [1.807, 2.05) is 0 Å². The first-order valence-corrected chi connectivity index (χ1v) is 7.90. The Morgan fingerprint density at radius 2 is 2.00 bits per heavy atom. The summed E-state index contributed by atoms with van der Waals surface area (Å²) in [5.74, 6) is 0.232. The van der Waals surface area contributed by atoms with Crippen molar-refractivity contribution < 1.29 is 4.92 Å². The van der Waals surface area contributed by atoms with Crippen LogP contribution < -0.4 is 5.32 Å². The van der Waals surface area contributed by atoms with E-state index in [-0.39, 0.29) is 11.6 Å². The minimum absolute atomic E-state index is 0.0573. The summed E-state index contributed by atoms with van der Waals surface area (Å²) < 4.78 is 1.07. The largest absolute Gasteiger partial charge is 0.318 e. The maximum absolute atomic E-state index is 11.0. The van der Waals surface area contributed by atoms with Gasteiger partial charge in [0.25, 0.3) is 5.69 Å². The summed E-state index contributed by atoms with van der Waals surface area (Å²) in [6.07, 6.45) is 1.54. The summed E-state index contributed by atoms with van der Waals surface area (Å²) in [7, 11) is 0. The Labute approximate surface area is 144 Å². The van der Waals surface area contributed by atoms with Crippen LogP contribution in [0, 0.1) is 10.1 Å². The van der Waals surface area contributed by atoms with Crippen LogP contribution in [0.1, 0.15) is 0 Å². The SMILES string of the molecule is O=[N+]([O-])c1ccccc1Nc1nccc(-c2cc(Cl)sc2Cl)n1. The number of hydrogen-bond acceptors (Lipinski definition) is 6. The van der Waals surface area contributed by atoms with Gasteiger partial charge in [0.05, 0.1) is 15.0 Å². The third kappa shape index (κ3) is 3.42. The van der Waals surface area contributed by atoms with Gasteiger partial charge in [0, 0.05) is 17.8 Å². The molecule has 0 radical (unpaired) electrons. The average Bonchev–Trinajstić information content (AvgIpc) is 2.86. The molecule has 23 heavy (non-hydrogen) atoms. The molecule has 0 amide bonds. The second-order valence-electron chi connectivity index (χ2n) is 4.40. The lowest BCUT2D eigenvalue weighted by Crippen LogP contribution is -2.00. The van der Waals surface area contributed by atoms with Crippen LogP contribution >= 0.6 is 34.5 Å². The van der Waals surface area contributed by atoms with Crippen LogP contribution in [-0.4, -0.2) is 14.9 Å². The number of nitrogens with one attached hydrogen (secondary N) is 1. The van der Waals surface area contributed by atoms with E-state index in [1.54, 1.807) is 36.5 Å². The van der Waals surface area contributed by atoms with Gasteiger partial charge in [-0.2, -0.15) is 0 Å². The third-order valence-corrected chi connectivity index (χ3v) is 4.42. The fourth-order valence-electron chi connectivity index (χ4n) is 1.94. The number of nitrogens with zero attached hydrogens (tertiary/aromatic N) is 3. The Balaban J connectivity index is 1.95. The van der Waals surface area contributed by atoms with Gasteiger partial charge < -0.3 is 5.32 Å². The van der Waals surface area contributed by atoms with E-state index < -0.39 is 4.92 Å². The molecular formula is C14H8Cl2N4O2S. The van der Waals surface area contributed by atoms with Crippen molar-refractivity contribution in [3.8, 4) is 11.3 Å². The molecule has 0 fully saturated rings. The zero-order valence-corrected chi connectivity index (χ0v) is 13.7. The monoisotopic (exact) mass is 366 g/mol. The minimum Gasteiger partial charge on any atom is -0.318 e. The zero-order chi connectivity index (χ0) is 16.4. The molecule has 0 bridgehead atoms. The predicted molar refractivity (Wildman–Crippen MR) is 91.7 cm³/mol. The molecule has 3 aromatic rings. The topological polar surface area (TPSA) is 81.0 Å². The summed E-state index contributed by atoms with van der Waals surface area (Å²) in [4.78, 5) is 19.0. The Bertz CT molecular complexity index is 885. The molecule has 0 aliphatic rings. The highest BCUT2D eigenvalue weighted by Gasteiger charge is 2.15. The zero-order valence-electron chi connectivity index (χ0n) is 11.4. The van der Waals surface area contributed by atoms with Crippen molar-refractivity contribution in [2.45, 2.75) is 0 Å². The molecule has 9 heteroatoms. The van der Waals surface area contributed by atoms with E-state index in [9.17, 15) is 10.1 Å². The van der Waals surface area contributed by atoms with Crippen LogP contribution in [0.3, 0.4) is 0 Å². The number of nitro benzene ring substituents is 1. The quantitative estimate of drug-likeness (QED) is 0.509. The van der Waals surface area contributed by atoms with E-state index in [0.29, 0.717) is 25.6 Å². The molecule has 0 spiro atoms. The lowest BCUT2D eigenvalue weighted by molar-refractivity contribution is -0.383. The molecule has 3 rings (SSSR count). The maximum atomic E-state index is 11.0. The van der Waals surface area contributed by atoms with Crippen LogP contribution in [0.4, 0.5) is 17.3 Å². The second kappa shape index (κ2) is 6.49. The van der Waals surface area contributed by atoms with E-state index in [2.05, 4.69) is 15.3 Å². The van der Waals surface area contributed by atoms with E-state index in [0.717, 1.165) is 0 Å². The molecule has 116 valence electrons. The van der Waals surface area contributed by atoms with Crippen molar-refractivity contribution in [2.24, 2.45) is 0 Å². The first-order chi connectivity index (χ1) is 11.0. The van der Waals surface area contributed by atoms with Crippen LogP contribution in [0.15, 0.2) is 42.6 Å². The summed E-state index contributed by atoms with van der Waals surface area (Å²) in [6.45, 7) is 0. The normalized spacial score (nSPS) is 10.5. The number of rotatable bonds is 4. The fraction of sp³-hybridized carbons (Fsp3) is 0. The Kier molecular flexibility index (Phi) is 4.42. The molecule has 2 heterocycles. The van der Waals surface area contributed by atoms with Crippen molar-refractivity contribution >= 4 is 51.9 Å². The van der Waals surface area contributed by atoms with Gasteiger partial charge in [-0.25, -0.2) is 9.97 Å². The van der Waals surface area contributed by atoms with Gasteiger partial charge in [0.1, 0.15) is 10.0 Å². The highest BCUT2D eigenvalue weighted by molar-refractivity contribution is 7.20. The van der Waals surface area contributed by atoms with Gasteiger partial charge in [0.15, 0.2) is 0 Å². The molecular weight excluding hydrogens is 359 g/mol. The fourth-order valence-corrected chi connectivity index (χ4v) is 3.42. The predicted octanol–water partition coefficient (Wildman–Crippen LogP) is 5.16. The summed E-state index contributed by atoms with van der Waals surface area (Å²) in [5, 5.41) is 13.9. The smallest absolute Gasteiger partial charge is 0.292 e. The van der Waals surface area contributed by atoms with E-state index in [4.69, 9.17) is 23.2 Å². The molecule has 0 aliphatic carbocycles. The molecule has 1 N–H and O–H groups in total. The molecule has 6 nitrogen and oxygen atoms in total. The van der Waals surface area contributed by atoms with Crippen molar-refractivity contribution in [2.75, 3.05) is 5.32 Å². The Morgan fingerprint density at radius 3 is 2.70 bits per heavy atom. The van der Waals surface area contributed by atoms with Crippen LogP contribution in [0.5, 0.6) is 0 Å². The molecule has 0 aliphatic heterocycles. The number of nitro groups is 1. The van der Waals surface area contributed by atoms with Gasteiger partial charge in [0.2, 0.25) is 5.95 Å². The van der Waals surface area contributed by atoms with Crippen molar-refractivity contribution in [1.29, 1.82) is 0 Å². The first kappa shape index (κ1) is 15.7. The van der Waals surface area contributed by atoms with Gasteiger partial charge in [-0.3, -0.25) is 10.1 Å². The lowest BCUT2D eigenvalue weighted by atomic mass is 10.2. The summed E-state index contributed by atoms with van der Waals surface area (Å²) in [5.41, 5.74) is 1.52. The number of anilines is 2. The Hall–Kier alpha value is -2.22. The standard InChI is InChI=1S/C14H8Cl2N4O2S/c15-12-7-8(13(16)23-12)9-5-6-17-14(18-9)19-10-3-1-2-4-11(10)20(21)22/h1-7H,(H,17,18,19). The average molecular weight is 367 g/mol. The number of aromatic nitrogens is 2. The lowest BCUT2D eigenvalue weighted by Gasteiger charge is -2.06. The van der Waals surface area contributed by atoms with Gasteiger partial charge in [-0.15, -0.1) is 11.3 Å². The number of benzene rings is 1. The molecule has 0 saturated carbocycles. The first-order valence-electron chi connectivity index (χ1n) is 6.33. The van der Waals surface area contributed by atoms with Crippen molar-refractivity contribution in [1.82, 2.24) is 9.97 Å². The number of halogens is 2. The molecule has 0 atom stereocenters. The second-order valence-corrected chi connectivity index (χ2v) is 6.69. The highest BCUT2D eigenvalue weighted by Crippen LogP contribution is 2.37. The number of thiophene rings is 1. The van der Waals surface area contributed by atoms with Crippen LogP contribution in [0.25, 0.3) is 11.3 Å². The summed E-state index contributed by atoms with van der Waals surface area (Å²) in [6, 6.07) is 9.67.